The van der Waals surface area contributed by atoms with E-state index in [1.807, 2.05) is 13.8 Å². The second-order valence-corrected chi connectivity index (χ2v) is 6.25. The fraction of sp³-hybridized carbons (Fsp3) is 0.312. The fourth-order valence-electron chi connectivity index (χ4n) is 1.84. The number of carboxylic acid groups (broad SMARTS) is 1. The Hall–Kier alpha value is -1.43. The minimum absolute atomic E-state index is 0. The number of ether oxygens (including phenoxy) is 1. The Morgan fingerprint density at radius 2 is 2.12 bits per heavy atom. The molecular weight excluding hydrogens is 339 g/mol. The molecule has 0 saturated carbocycles. The van der Waals surface area contributed by atoms with E-state index in [-0.39, 0.29) is 39.9 Å². The maximum absolute atomic E-state index is 11.0. The molecule has 0 spiro atoms. The molecule has 0 radical (unpaired) electrons. The topological polar surface area (TPSA) is 118 Å². The van der Waals surface area contributed by atoms with Crippen molar-refractivity contribution in [2.24, 2.45) is 5.92 Å². The van der Waals surface area contributed by atoms with Crippen molar-refractivity contribution >= 4 is 17.3 Å². The predicted molar refractivity (Wildman–Crippen MR) is 85.3 cm³/mol. The molecule has 0 aliphatic rings. The van der Waals surface area contributed by atoms with Crippen LogP contribution in [0.2, 0.25) is 0 Å². The van der Waals surface area contributed by atoms with E-state index in [0.29, 0.717) is 40.1 Å². The minimum atomic E-state index is -1.24. The van der Waals surface area contributed by atoms with Crippen LogP contribution in [0.15, 0.2) is 18.2 Å². The second-order valence-electron chi connectivity index (χ2n) is 5.25. The van der Waals surface area contributed by atoms with Crippen LogP contribution in [0.3, 0.4) is 0 Å². The molecule has 1 heterocycles. The Morgan fingerprint density at radius 1 is 1.46 bits per heavy atom. The van der Waals surface area contributed by atoms with Gasteiger partial charge in [-0.05, 0) is 31.0 Å². The molecule has 2 aromatic rings. The van der Waals surface area contributed by atoms with E-state index in [1.54, 1.807) is 25.1 Å². The summed E-state index contributed by atoms with van der Waals surface area (Å²) in [4.78, 5) is 15.3. The van der Waals surface area contributed by atoms with Crippen molar-refractivity contribution in [3.05, 3.63) is 34.3 Å². The Balaban J connectivity index is 0.00000264. The zero-order valence-corrected chi connectivity index (χ0v) is 16.9. The first-order chi connectivity index (χ1) is 10.4. The molecule has 0 aliphatic heterocycles. The summed E-state index contributed by atoms with van der Waals surface area (Å²) >= 11 is 1.04. The van der Waals surface area contributed by atoms with Gasteiger partial charge in [-0.3, -0.25) is 0 Å². The van der Waals surface area contributed by atoms with Gasteiger partial charge in [0.25, 0.3) is 0 Å². The summed E-state index contributed by atoms with van der Waals surface area (Å²) in [7, 11) is 0. The number of carbonyl (C=O) groups excluding carboxylic acids is 1. The van der Waals surface area contributed by atoms with Crippen molar-refractivity contribution in [1.29, 1.82) is 5.26 Å². The van der Waals surface area contributed by atoms with Gasteiger partial charge < -0.3 is 20.1 Å². The predicted octanol–water partition coefficient (Wildman–Crippen LogP) is -1.43. The number of aromatic carboxylic acids is 1. The molecule has 6 nitrogen and oxygen atoms in total. The molecule has 0 bridgehead atoms. The molecule has 1 aromatic carbocycles. The third-order valence-corrected chi connectivity index (χ3v) is 4.09. The van der Waals surface area contributed by atoms with Crippen molar-refractivity contribution in [2.75, 3.05) is 6.61 Å². The number of carboxylic acids is 1. The van der Waals surface area contributed by atoms with E-state index >= 15 is 0 Å². The molecule has 24 heavy (non-hydrogen) atoms. The number of hydrogen-bond acceptors (Lipinski definition) is 6. The molecule has 0 atom stereocenters. The van der Waals surface area contributed by atoms with E-state index in [1.165, 1.54) is 0 Å². The van der Waals surface area contributed by atoms with Gasteiger partial charge in [0.1, 0.15) is 16.8 Å². The number of thiazole rings is 1. The van der Waals surface area contributed by atoms with Crippen molar-refractivity contribution in [1.82, 2.24) is 4.98 Å². The van der Waals surface area contributed by atoms with E-state index in [0.717, 1.165) is 11.3 Å². The van der Waals surface area contributed by atoms with Gasteiger partial charge in [-0.2, -0.15) is 5.26 Å². The Bertz CT molecular complexity index is 753. The molecule has 0 unspecified atom stereocenters. The third-order valence-electron chi connectivity index (χ3n) is 2.90. The molecule has 0 aliphatic carbocycles. The smallest absolute Gasteiger partial charge is 0.544 e. The van der Waals surface area contributed by atoms with Crippen LogP contribution in [0.4, 0.5) is 0 Å². The summed E-state index contributed by atoms with van der Waals surface area (Å²) < 4.78 is 5.60. The van der Waals surface area contributed by atoms with E-state index in [2.05, 4.69) is 11.1 Å². The summed E-state index contributed by atoms with van der Waals surface area (Å²) in [6.45, 7) is 6.20. The zero-order valence-electron chi connectivity index (χ0n) is 14.0. The molecule has 1 aromatic heterocycles. The van der Waals surface area contributed by atoms with Gasteiger partial charge in [0.15, 0.2) is 0 Å². The molecule has 0 amide bonds. The van der Waals surface area contributed by atoms with Gasteiger partial charge >= 0.3 is 29.6 Å². The van der Waals surface area contributed by atoms with E-state index in [4.69, 9.17) is 4.74 Å². The minimum Gasteiger partial charge on any atom is -0.544 e. The summed E-state index contributed by atoms with van der Waals surface area (Å²) in [5.74, 6) is -0.356. The fourth-order valence-corrected chi connectivity index (χ4v) is 2.74. The molecule has 2 rings (SSSR count). The van der Waals surface area contributed by atoms with Crippen LogP contribution in [0, 0.1) is 24.2 Å². The van der Waals surface area contributed by atoms with Crippen molar-refractivity contribution < 1.29 is 49.7 Å². The van der Waals surface area contributed by atoms with Crippen molar-refractivity contribution in [3.8, 4) is 22.4 Å². The van der Waals surface area contributed by atoms with Crippen LogP contribution in [0.1, 0.15) is 34.8 Å². The SMILES string of the molecule is Cc1nc(-c2ccc(OCC(C)C)c(C#N)c2)sc1C(=O)[O-].O.[Na+]. The number of carbonyl (C=O) groups is 1. The van der Waals surface area contributed by atoms with Crippen LogP contribution >= 0.6 is 11.3 Å². The second kappa shape index (κ2) is 9.77. The van der Waals surface area contributed by atoms with Crippen LogP contribution in [-0.2, 0) is 0 Å². The van der Waals surface area contributed by atoms with Gasteiger partial charge in [-0.1, -0.05) is 13.8 Å². The number of benzene rings is 1. The van der Waals surface area contributed by atoms with Crippen molar-refractivity contribution in [3.63, 3.8) is 0 Å². The molecule has 122 valence electrons. The number of rotatable bonds is 5. The Labute approximate surface area is 166 Å². The molecule has 0 fully saturated rings. The number of aryl methyl sites for hydroxylation is 1. The summed E-state index contributed by atoms with van der Waals surface area (Å²) in [6.07, 6.45) is 0. The van der Waals surface area contributed by atoms with Gasteiger partial charge in [0.2, 0.25) is 0 Å². The molecule has 8 heteroatoms. The standard InChI is InChI=1S/C16H16N2O3S.Na.H2O/c1-9(2)8-21-13-5-4-11(6-12(13)7-17)15-18-10(3)14(22-15)16(19)20;;/h4-6,9H,8H2,1-3H3,(H,19,20);;1H2/q;+1;/p-1. The largest absolute Gasteiger partial charge is 1.00 e. The van der Waals surface area contributed by atoms with Crippen LogP contribution in [-0.4, -0.2) is 23.0 Å². The maximum Gasteiger partial charge on any atom is 1.00 e. The molecule has 0 saturated heterocycles. The van der Waals surface area contributed by atoms with Crippen LogP contribution in [0.5, 0.6) is 5.75 Å². The first-order valence-corrected chi connectivity index (χ1v) is 7.60. The number of nitriles is 1. The summed E-state index contributed by atoms with van der Waals surface area (Å²) in [6, 6.07) is 7.24. The van der Waals surface area contributed by atoms with E-state index < -0.39 is 5.97 Å². The summed E-state index contributed by atoms with van der Waals surface area (Å²) in [5.41, 5.74) is 1.51. The van der Waals surface area contributed by atoms with Crippen LogP contribution in [0.25, 0.3) is 10.6 Å². The third kappa shape index (κ3) is 5.30. The van der Waals surface area contributed by atoms with Crippen LogP contribution < -0.4 is 39.4 Å². The average molecular weight is 356 g/mol. The monoisotopic (exact) mass is 356 g/mol. The quantitative estimate of drug-likeness (QED) is 0.609. The molecular formula is C16H17N2NaO4S. The van der Waals surface area contributed by atoms with E-state index in [9.17, 15) is 15.2 Å². The number of aromatic nitrogens is 1. The zero-order chi connectivity index (χ0) is 16.3. The van der Waals surface area contributed by atoms with Gasteiger partial charge in [0, 0.05) is 5.56 Å². The first kappa shape index (κ1) is 22.6. The average Bonchev–Trinajstić information content (AvgIpc) is 2.87. The number of hydrogen-bond donors (Lipinski definition) is 0. The Kier molecular flexibility index (Phi) is 9.18. The first-order valence-electron chi connectivity index (χ1n) is 6.78. The van der Waals surface area contributed by atoms with Gasteiger partial charge in [0.05, 0.1) is 28.7 Å². The normalized spacial score (nSPS) is 9.62. The maximum atomic E-state index is 11.0. The van der Waals surface area contributed by atoms with Gasteiger partial charge in [-0.15, -0.1) is 11.3 Å². The Morgan fingerprint density at radius 3 is 2.62 bits per heavy atom. The molecule has 2 N–H and O–H groups in total. The summed E-state index contributed by atoms with van der Waals surface area (Å²) in [5, 5.41) is 20.8. The van der Waals surface area contributed by atoms with Gasteiger partial charge in [-0.25, -0.2) is 4.98 Å². The number of nitrogens with zero attached hydrogens (tertiary/aromatic N) is 2. The van der Waals surface area contributed by atoms with Crippen molar-refractivity contribution in [2.45, 2.75) is 20.8 Å².